The van der Waals surface area contributed by atoms with Crippen LogP contribution in [-0.4, -0.2) is 29.6 Å². The highest BCUT2D eigenvalue weighted by atomic mass is 16.6. The standard InChI is InChI=1S/C17H21NO6/c1-9-8-12-14(15(20)22-9)18(16(21)24-17(2,3)4)13-10(19)6-5-7-11(13)23-12/h8,11,13H,5-7H2,1-4H3/t11-,13+/m0/s1. The van der Waals surface area contributed by atoms with Crippen LogP contribution in [0.25, 0.3) is 0 Å². The van der Waals surface area contributed by atoms with Gasteiger partial charge in [0.2, 0.25) is 0 Å². The third-order valence-corrected chi connectivity index (χ3v) is 4.00. The summed E-state index contributed by atoms with van der Waals surface area (Å²) in [7, 11) is 0. The van der Waals surface area contributed by atoms with Crippen LogP contribution in [0.4, 0.5) is 10.5 Å². The van der Waals surface area contributed by atoms with E-state index in [9.17, 15) is 14.4 Å². The molecule has 0 spiro atoms. The normalized spacial score (nSPS) is 23.2. The van der Waals surface area contributed by atoms with Crippen molar-refractivity contribution in [3.05, 3.63) is 22.2 Å². The molecule has 0 aromatic carbocycles. The molecule has 0 saturated heterocycles. The van der Waals surface area contributed by atoms with Crippen molar-refractivity contribution in [2.45, 2.75) is 64.7 Å². The van der Waals surface area contributed by atoms with Crippen LogP contribution >= 0.6 is 0 Å². The van der Waals surface area contributed by atoms with E-state index in [1.807, 2.05) is 0 Å². The summed E-state index contributed by atoms with van der Waals surface area (Å²) in [6, 6.07) is 0.704. The number of amides is 1. The summed E-state index contributed by atoms with van der Waals surface area (Å²) in [5.41, 5.74) is -1.53. The fraction of sp³-hybridized carbons (Fsp3) is 0.588. The summed E-state index contributed by atoms with van der Waals surface area (Å²) in [4.78, 5) is 38.6. The van der Waals surface area contributed by atoms with Gasteiger partial charge in [-0.1, -0.05) is 0 Å². The van der Waals surface area contributed by atoms with E-state index in [-0.39, 0.29) is 17.2 Å². The quantitative estimate of drug-likeness (QED) is 0.724. The maximum absolute atomic E-state index is 12.7. The highest BCUT2D eigenvalue weighted by Crippen LogP contribution is 2.39. The Labute approximate surface area is 139 Å². The van der Waals surface area contributed by atoms with E-state index < -0.39 is 29.5 Å². The van der Waals surface area contributed by atoms with Gasteiger partial charge in [0, 0.05) is 12.5 Å². The first-order valence-electron chi connectivity index (χ1n) is 8.04. The summed E-state index contributed by atoms with van der Waals surface area (Å²) in [6.07, 6.45) is 0.448. The van der Waals surface area contributed by atoms with Gasteiger partial charge in [-0.3, -0.25) is 9.69 Å². The Bertz CT molecular complexity index is 744. The zero-order valence-electron chi connectivity index (χ0n) is 14.3. The van der Waals surface area contributed by atoms with Crippen molar-refractivity contribution in [3.63, 3.8) is 0 Å². The molecule has 2 heterocycles. The van der Waals surface area contributed by atoms with Crippen LogP contribution < -0.4 is 15.3 Å². The maximum atomic E-state index is 12.7. The Morgan fingerprint density at radius 1 is 1.33 bits per heavy atom. The highest BCUT2D eigenvalue weighted by molar-refractivity contribution is 6.00. The molecule has 7 nitrogen and oxygen atoms in total. The smallest absolute Gasteiger partial charge is 0.415 e. The van der Waals surface area contributed by atoms with Crippen molar-refractivity contribution in [2.24, 2.45) is 0 Å². The molecule has 7 heteroatoms. The van der Waals surface area contributed by atoms with Crippen molar-refractivity contribution >= 4 is 17.6 Å². The predicted molar refractivity (Wildman–Crippen MR) is 85.5 cm³/mol. The second kappa shape index (κ2) is 5.65. The molecule has 1 aliphatic carbocycles. The molecule has 0 N–H and O–H groups in total. The molecule has 24 heavy (non-hydrogen) atoms. The van der Waals surface area contributed by atoms with Crippen molar-refractivity contribution in [2.75, 3.05) is 4.90 Å². The van der Waals surface area contributed by atoms with E-state index in [0.717, 1.165) is 4.90 Å². The lowest BCUT2D eigenvalue weighted by atomic mass is 9.88. The number of hydrogen-bond donors (Lipinski definition) is 0. The number of fused-ring (bicyclic) bond motifs is 2. The number of ether oxygens (including phenoxy) is 2. The fourth-order valence-electron chi connectivity index (χ4n) is 3.13. The van der Waals surface area contributed by atoms with Crippen LogP contribution in [0.1, 0.15) is 45.8 Å². The first-order chi connectivity index (χ1) is 11.2. The highest BCUT2D eigenvalue weighted by Gasteiger charge is 2.48. The van der Waals surface area contributed by atoms with Crippen LogP contribution in [0.5, 0.6) is 5.75 Å². The summed E-state index contributed by atoms with van der Waals surface area (Å²) < 4.78 is 16.4. The van der Waals surface area contributed by atoms with Crippen LogP contribution in [0.15, 0.2) is 15.3 Å². The number of hydrogen-bond acceptors (Lipinski definition) is 6. The minimum Gasteiger partial charge on any atom is -0.485 e. The zero-order valence-corrected chi connectivity index (χ0v) is 14.3. The third-order valence-electron chi connectivity index (χ3n) is 4.00. The summed E-state index contributed by atoms with van der Waals surface area (Å²) in [5.74, 6) is 0.497. The molecule has 1 saturated carbocycles. The molecule has 1 aliphatic heterocycles. The van der Waals surface area contributed by atoms with Gasteiger partial charge in [0.25, 0.3) is 0 Å². The van der Waals surface area contributed by atoms with Gasteiger partial charge in [-0.05, 0) is 40.5 Å². The molecule has 1 fully saturated rings. The molecular weight excluding hydrogens is 314 g/mol. The first-order valence-corrected chi connectivity index (χ1v) is 8.04. The van der Waals surface area contributed by atoms with Gasteiger partial charge in [-0.25, -0.2) is 9.59 Å². The molecular formula is C17H21NO6. The van der Waals surface area contributed by atoms with Crippen LogP contribution in [0.2, 0.25) is 0 Å². The average Bonchev–Trinajstić information content (AvgIpc) is 2.43. The number of nitrogens with zero attached hydrogens (tertiary/aromatic N) is 1. The lowest BCUT2D eigenvalue weighted by Crippen LogP contribution is -2.60. The second-order valence-electron chi connectivity index (χ2n) is 7.17. The van der Waals surface area contributed by atoms with Crippen LogP contribution in [0, 0.1) is 6.92 Å². The van der Waals surface area contributed by atoms with Crippen molar-refractivity contribution in [1.82, 2.24) is 0 Å². The molecule has 1 aromatic rings. The van der Waals surface area contributed by atoms with Gasteiger partial charge >= 0.3 is 11.7 Å². The van der Waals surface area contributed by atoms with E-state index in [1.54, 1.807) is 33.8 Å². The Hall–Kier alpha value is -2.31. The SMILES string of the molecule is Cc1cc2c(c(=O)o1)N(C(=O)OC(C)(C)C)[C@@H]1C(=O)CCC[C@@H]1O2. The van der Waals surface area contributed by atoms with Crippen LogP contribution in [-0.2, 0) is 9.53 Å². The Balaban J connectivity index is 2.13. The Morgan fingerprint density at radius 3 is 2.71 bits per heavy atom. The van der Waals surface area contributed by atoms with Crippen LogP contribution in [0.3, 0.4) is 0 Å². The lowest BCUT2D eigenvalue weighted by molar-refractivity contribution is -0.125. The maximum Gasteiger partial charge on any atom is 0.415 e. The van der Waals surface area contributed by atoms with Crippen molar-refractivity contribution < 1.29 is 23.5 Å². The largest absolute Gasteiger partial charge is 0.485 e. The summed E-state index contributed by atoms with van der Waals surface area (Å²) in [6.45, 7) is 6.80. The van der Waals surface area contributed by atoms with Gasteiger partial charge in [0.05, 0.1) is 0 Å². The zero-order chi connectivity index (χ0) is 17.6. The van der Waals surface area contributed by atoms with Gasteiger partial charge in [-0.2, -0.15) is 0 Å². The van der Waals surface area contributed by atoms with E-state index in [1.165, 1.54) is 0 Å². The number of ketones is 1. The summed E-state index contributed by atoms with van der Waals surface area (Å²) >= 11 is 0. The summed E-state index contributed by atoms with van der Waals surface area (Å²) in [5, 5.41) is 0. The number of anilines is 1. The number of rotatable bonds is 0. The first kappa shape index (κ1) is 16.5. The van der Waals surface area contributed by atoms with E-state index in [0.29, 0.717) is 25.0 Å². The molecule has 0 bridgehead atoms. The third kappa shape index (κ3) is 2.90. The minimum atomic E-state index is -0.855. The predicted octanol–water partition coefficient (Wildman–Crippen LogP) is 2.57. The molecule has 2 atom stereocenters. The molecule has 0 radical (unpaired) electrons. The fourth-order valence-corrected chi connectivity index (χ4v) is 3.13. The lowest BCUT2D eigenvalue weighted by Gasteiger charge is -2.42. The number of aryl methyl sites for hydroxylation is 1. The molecule has 1 amide bonds. The topological polar surface area (TPSA) is 86.0 Å². The molecule has 2 aliphatic rings. The minimum absolute atomic E-state index is 0.0636. The monoisotopic (exact) mass is 335 g/mol. The van der Waals surface area contributed by atoms with Gasteiger partial charge in [0.1, 0.15) is 23.5 Å². The van der Waals surface area contributed by atoms with E-state index >= 15 is 0 Å². The van der Waals surface area contributed by atoms with Gasteiger partial charge in [-0.15, -0.1) is 0 Å². The molecule has 3 rings (SSSR count). The molecule has 130 valence electrons. The Morgan fingerprint density at radius 2 is 2.04 bits per heavy atom. The number of Topliss-reactive ketones (excluding diaryl/α,β-unsaturated/α-hetero) is 1. The van der Waals surface area contributed by atoms with E-state index in [2.05, 4.69) is 0 Å². The second-order valence-corrected chi connectivity index (χ2v) is 7.17. The van der Waals surface area contributed by atoms with Crippen molar-refractivity contribution in [3.8, 4) is 5.75 Å². The molecule has 1 aromatic heterocycles. The Kier molecular flexibility index (Phi) is 3.89. The van der Waals surface area contributed by atoms with E-state index in [4.69, 9.17) is 13.9 Å². The van der Waals surface area contributed by atoms with Gasteiger partial charge in [0.15, 0.2) is 17.2 Å². The van der Waals surface area contributed by atoms with Gasteiger partial charge < -0.3 is 13.9 Å². The average molecular weight is 335 g/mol. The number of carbonyl (C=O) groups excluding carboxylic acids is 2. The number of carbonyl (C=O) groups is 2. The molecule has 0 unspecified atom stereocenters. The van der Waals surface area contributed by atoms with Crippen molar-refractivity contribution in [1.29, 1.82) is 0 Å².